The number of benzene rings is 1. The van der Waals surface area contributed by atoms with Crippen molar-refractivity contribution in [2.24, 2.45) is 0 Å². The van der Waals surface area contributed by atoms with Gasteiger partial charge in [0.25, 0.3) is 0 Å². The van der Waals surface area contributed by atoms with Crippen LogP contribution in [0.5, 0.6) is 0 Å². The van der Waals surface area contributed by atoms with Crippen molar-refractivity contribution in [2.75, 3.05) is 19.7 Å². The predicted octanol–water partition coefficient (Wildman–Crippen LogP) is 0.694. The van der Waals surface area contributed by atoms with Crippen molar-refractivity contribution >= 4 is 17.6 Å². The number of nitrogens with one attached hydrogen (secondary N) is 1. The summed E-state index contributed by atoms with van der Waals surface area (Å²) < 4.78 is 5.35. The van der Waals surface area contributed by atoms with Crippen molar-refractivity contribution in [2.45, 2.75) is 37.8 Å². The summed E-state index contributed by atoms with van der Waals surface area (Å²) >= 11 is 0. The summed E-state index contributed by atoms with van der Waals surface area (Å²) in [6, 6.07) is 8.95. The van der Waals surface area contributed by atoms with Crippen LogP contribution in [-0.2, 0) is 25.5 Å². The van der Waals surface area contributed by atoms with Gasteiger partial charge in [0, 0.05) is 26.1 Å². The Kier molecular flexibility index (Phi) is 5.25. The first-order valence-electron chi connectivity index (χ1n) is 8.40. The minimum Gasteiger partial charge on any atom is -0.370 e. The van der Waals surface area contributed by atoms with Crippen molar-refractivity contribution in [3.8, 4) is 0 Å². The maximum Gasteiger partial charge on any atom is 0.247 e. The molecular weight excluding hydrogens is 308 g/mol. The molecule has 6 heteroatoms. The number of carbonyl (C=O) groups excluding carboxylic acids is 3. The van der Waals surface area contributed by atoms with E-state index in [0.29, 0.717) is 26.1 Å². The third-order valence-electron chi connectivity index (χ3n) is 4.47. The molecule has 2 amide bonds. The summed E-state index contributed by atoms with van der Waals surface area (Å²) in [5.74, 6) is -0.206. The number of rotatable bonds is 7. The number of carbonyl (C=O) groups is 3. The van der Waals surface area contributed by atoms with E-state index >= 15 is 0 Å². The highest BCUT2D eigenvalue weighted by molar-refractivity contribution is 5.93. The number of β-lactam (4-membered cyclic amide) rings is 1. The van der Waals surface area contributed by atoms with Crippen molar-refractivity contribution in [3.63, 3.8) is 0 Å². The highest BCUT2D eigenvalue weighted by Gasteiger charge is 2.37. The van der Waals surface area contributed by atoms with Gasteiger partial charge in [-0.2, -0.15) is 0 Å². The molecule has 1 unspecified atom stereocenters. The van der Waals surface area contributed by atoms with Gasteiger partial charge in [0.05, 0.1) is 6.42 Å². The van der Waals surface area contributed by atoms with E-state index in [1.807, 2.05) is 30.3 Å². The maximum atomic E-state index is 12.1. The second-order valence-electron chi connectivity index (χ2n) is 6.28. The number of ether oxygens (including phenoxy) is 1. The molecule has 2 aliphatic heterocycles. The molecule has 0 spiro atoms. The smallest absolute Gasteiger partial charge is 0.247 e. The van der Waals surface area contributed by atoms with E-state index in [-0.39, 0.29) is 30.1 Å². The summed E-state index contributed by atoms with van der Waals surface area (Å²) in [5, 5.41) is 2.75. The van der Waals surface area contributed by atoms with E-state index in [2.05, 4.69) is 5.32 Å². The van der Waals surface area contributed by atoms with Crippen LogP contribution in [0.15, 0.2) is 30.3 Å². The lowest BCUT2D eigenvalue weighted by atomic mass is 10.0. The second kappa shape index (κ2) is 7.57. The Morgan fingerprint density at radius 2 is 2.04 bits per heavy atom. The van der Waals surface area contributed by atoms with Gasteiger partial charge in [-0.15, -0.1) is 0 Å². The first-order chi connectivity index (χ1) is 11.6. The topological polar surface area (TPSA) is 75.7 Å². The lowest BCUT2D eigenvalue weighted by molar-refractivity contribution is -0.147. The van der Waals surface area contributed by atoms with Crippen LogP contribution in [0.25, 0.3) is 0 Å². The maximum absolute atomic E-state index is 12.1. The van der Waals surface area contributed by atoms with Crippen LogP contribution in [-0.4, -0.2) is 54.3 Å². The molecule has 0 bridgehead atoms. The number of amides is 2. The zero-order valence-electron chi connectivity index (χ0n) is 13.6. The minimum absolute atomic E-state index is 0.0665. The molecule has 2 saturated heterocycles. The molecule has 0 saturated carbocycles. The molecule has 2 atom stereocenters. The molecule has 1 aromatic carbocycles. The van der Waals surface area contributed by atoms with Gasteiger partial charge in [-0.05, 0) is 18.4 Å². The average molecular weight is 330 g/mol. The average Bonchev–Trinajstić information content (AvgIpc) is 3.12. The fraction of sp³-hybridized carbons (Fsp3) is 0.500. The summed E-state index contributed by atoms with van der Waals surface area (Å²) in [7, 11) is 0. The van der Waals surface area contributed by atoms with Gasteiger partial charge in [-0.3, -0.25) is 14.4 Å². The zero-order valence-corrected chi connectivity index (χ0v) is 13.6. The fourth-order valence-corrected chi connectivity index (χ4v) is 3.07. The summed E-state index contributed by atoms with van der Waals surface area (Å²) in [4.78, 5) is 37.5. The lowest BCUT2D eigenvalue weighted by Crippen LogP contribution is -2.64. The van der Waals surface area contributed by atoms with E-state index in [0.717, 1.165) is 18.4 Å². The Morgan fingerprint density at radius 3 is 2.71 bits per heavy atom. The number of hydrogen-bond donors (Lipinski definition) is 1. The van der Waals surface area contributed by atoms with Crippen LogP contribution in [0, 0.1) is 0 Å². The van der Waals surface area contributed by atoms with Crippen LogP contribution >= 0.6 is 0 Å². The molecule has 128 valence electrons. The summed E-state index contributed by atoms with van der Waals surface area (Å²) in [5.41, 5.74) is 0.917. The number of likely N-dealkylation sites (tertiary alicyclic amines) is 1. The standard InChI is InChI=1S/C18H22N2O4/c21-15(16-7-4-10-24-16)8-9-20-12-14(18(20)23)19-17(22)11-13-5-2-1-3-6-13/h1-3,5-6,14,16H,4,7-12H2,(H,19,22)/t14-,16?/m0/s1. The minimum atomic E-state index is -0.459. The number of hydrogen-bond acceptors (Lipinski definition) is 4. The molecule has 6 nitrogen and oxygen atoms in total. The normalized spacial score (nSPS) is 23.0. The van der Waals surface area contributed by atoms with Crippen LogP contribution in [0.2, 0.25) is 0 Å². The molecule has 2 aliphatic rings. The van der Waals surface area contributed by atoms with Gasteiger partial charge >= 0.3 is 0 Å². The Morgan fingerprint density at radius 1 is 1.25 bits per heavy atom. The molecule has 2 heterocycles. The van der Waals surface area contributed by atoms with Gasteiger partial charge in [0.15, 0.2) is 5.78 Å². The SMILES string of the molecule is O=C(Cc1ccccc1)N[C@H]1CN(CCC(=O)C2CCCO2)C1=O. The first kappa shape index (κ1) is 16.6. The summed E-state index contributed by atoms with van der Waals surface area (Å²) in [6.07, 6.45) is 2.01. The van der Waals surface area contributed by atoms with E-state index in [4.69, 9.17) is 4.74 Å². The first-order valence-corrected chi connectivity index (χ1v) is 8.40. The molecule has 1 N–H and O–H groups in total. The quantitative estimate of drug-likeness (QED) is 0.747. The molecule has 0 radical (unpaired) electrons. The van der Waals surface area contributed by atoms with E-state index in [1.165, 1.54) is 0 Å². The zero-order chi connectivity index (χ0) is 16.9. The second-order valence-corrected chi connectivity index (χ2v) is 6.28. The van der Waals surface area contributed by atoms with Crippen LogP contribution in [0.4, 0.5) is 0 Å². The predicted molar refractivity (Wildman–Crippen MR) is 87.3 cm³/mol. The lowest BCUT2D eigenvalue weighted by Gasteiger charge is -2.38. The molecule has 0 aromatic heterocycles. The molecule has 1 aromatic rings. The van der Waals surface area contributed by atoms with E-state index in [1.54, 1.807) is 4.90 Å². The molecular formula is C18H22N2O4. The van der Waals surface area contributed by atoms with Crippen LogP contribution in [0.3, 0.4) is 0 Å². The summed E-state index contributed by atoms with van der Waals surface area (Å²) in [6.45, 7) is 1.52. The molecule has 0 aliphatic carbocycles. The van der Waals surface area contributed by atoms with Crippen molar-refractivity contribution in [3.05, 3.63) is 35.9 Å². The number of Topliss-reactive ketones (excluding diaryl/α,β-unsaturated/α-hetero) is 1. The Hall–Kier alpha value is -2.21. The van der Waals surface area contributed by atoms with Crippen molar-refractivity contribution in [1.29, 1.82) is 0 Å². The fourth-order valence-electron chi connectivity index (χ4n) is 3.07. The molecule has 2 fully saturated rings. The van der Waals surface area contributed by atoms with Gasteiger partial charge in [0.1, 0.15) is 12.1 Å². The van der Waals surface area contributed by atoms with Crippen molar-refractivity contribution in [1.82, 2.24) is 10.2 Å². The van der Waals surface area contributed by atoms with E-state index in [9.17, 15) is 14.4 Å². The number of ketones is 1. The monoisotopic (exact) mass is 330 g/mol. The third-order valence-corrected chi connectivity index (χ3v) is 4.47. The van der Waals surface area contributed by atoms with Crippen LogP contribution in [0.1, 0.15) is 24.8 Å². The Balaban J connectivity index is 1.37. The Bertz CT molecular complexity index is 611. The van der Waals surface area contributed by atoms with Gasteiger partial charge in [-0.1, -0.05) is 30.3 Å². The van der Waals surface area contributed by atoms with Crippen LogP contribution < -0.4 is 5.32 Å². The molecule has 3 rings (SSSR count). The van der Waals surface area contributed by atoms with Gasteiger partial charge in [0.2, 0.25) is 11.8 Å². The van der Waals surface area contributed by atoms with Gasteiger partial charge < -0.3 is 15.0 Å². The molecule has 24 heavy (non-hydrogen) atoms. The highest BCUT2D eigenvalue weighted by Crippen LogP contribution is 2.16. The number of nitrogens with zero attached hydrogens (tertiary/aromatic N) is 1. The van der Waals surface area contributed by atoms with Crippen molar-refractivity contribution < 1.29 is 19.1 Å². The van der Waals surface area contributed by atoms with Gasteiger partial charge in [-0.25, -0.2) is 0 Å². The van der Waals surface area contributed by atoms with E-state index < -0.39 is 6.04 Å². The Labute approximate surface area is 141 Å². The third kappa shape index (κ3) is 4.00. The highest BCUT2D eigenvalue weighted by atomic mass is 16.5. The largest absolute Gasteiger partial charge is 0.370 e.